The Kier molecular flexibility index (Phi) is 3.06. The van der Waals surface area contributed by atoms with Crippen molar-refractivity contribution in [2.45, 2.75) is 13.0 Å². The van der Waals surface area contributed by atoms with E-state index in [1.54, 1.807) is 0 Å². The maximum atomic E-state index is 9.30. The standard InChI is InChI=1S/C15H16N4/c1-11-10-19(7-6-17-11)15-8-12(9-16)13-4-2-3-5-14(13)18-15/h2-5,8,11,17H,6-7,10H2,1H3. The summed E-state index contributed by atoms with van der Waals surface area (Å²) in [6.07, 6.45) is 0. The lowest BCUT2D eigenvalue weighted by molar-refractivity contribution is 0.482. The number of benzene rings is 1. The number of anilines is 1. The Morgan fingerprint density at radius 3 is 3.05 bits per heavy atom. The second-order valence-corrected chi connectivity index (χ2v) is 4.96. The van der Waals surface area contributed by atoms with E-state index in [4.69, 9.17) is 0 Å². The van der Waals surface area contributed by atoms with E-state index in [1.807, 2.05) is 30.3 Å². The van der Waals surface area contributed by atoms with Crippen LogP contribution in [0.25, 0.3) is 10.9 Å². The third kappa shape index (κ3) is 2.25. The van der Waals surface area contributed by atoms with Crippen LogP contribution >= 0.6 is 0 Å². The third-order valence-electron chi connectivity index (χ3n) is 3.52. The summed E-state index contributed by atoms with van der Waals surface area (Å²) in [4.78, 5) is 6.93. The highest BCUT2D eigenvalue weighted by Gasteiger charge is 2.18. The molecule has 0 aliphatic carbocycles. The van der Waals surface area contributed by atoms with Crippen LogP contribution in [-0.4, -0.2) is 30.7 Å². The molecule has 1 atom stereocenters. The first-order valence-electron chi connectivity index (χ1n) is 6.56. The van der Waals surface area contributed by atoms with Gasteiger partial charge in [-0.25, -0.2) is 4.98 Å². The minimum absolute atomic E-state index is 0.451. The van der Waals surface area contributed by atoms with Gasteiger partial charge in [-0.2, -0.15) is 5.26 Å². The van der Waals surface area contributed by atoms with E-state index in [-0.39, 0.29) is 0 Å². The molecule has 4 nitrogen and oxygen atoms in total. The molecule has 0 saturated carbocycles. The highest BCUT2D eigenvalue weighted by atomic mass is 15.2. The fourth-order valence-corrected chi connectivity index (χ4v) is 2.56. The normalized spacial score (nSPS) is 19.4. The summed E-state index contributed by atoms with van der Waals surface area (Å²) < 4.78 is 0. The zero-order chi connectivity index (χ0) is 13.2. The number of hydrogen-bond acceptors (Lipinski definition) is 4. The second-order valence-electron chi connectivity index (χ2n) is 4.96. The van der Waals surface area contributed by atoms with Gasteiger partial charge in [0.15, 0.2) is 0 Å². The number of para-hydroxylation sites is 1. The molecule has 0 amide bonds. The van der Waals surface area contributed by atoms with Gasteiger partial charge in [0, 0.05) is 31.1 Å². The Bertz CT molecular complexity index is 644. The topological polar surface area (TPSA) is 52.0 Å². The Hall–Kier alpha value is -2.12. The zero-order valence-corrected chi connectivity index (χ0v) is 10.9. The number of hydrogen-bond donors (Lipinski definition) is 1. The molecule has 4 heteroatoms. The molecule has 96 valence electrons. The van der Waals surface area contributed by atoms with Crippen LogP contribution in [0.15, 0.2) is 30.3 Å². The van der Waals surface area contributed by atoms with Gasteiger partial charge in [-0.05, 0) is 19.1 Å². The number of piperazine rings is 1. The van der Waals surface area contributed by atoms with E-state index in [1.165, 1.54) is 0 Å². The predicted octanol–water partition coefficient (Wildman–Crippen LogP) is 1.90. The largest absolute Gasteiger partial charge is 0.354 e. The van der Waals surface area contributed by atoms with Crippen molar-refractivity contribution >= 4 is 16.7 Å². The van der Waals surface area contributed by atoms with Crippen molar-refractivity contribution in [3.63, 3.8) is 0 Å². The first-order chi connectivity index (χ1) is 9.28. The number of nitrogens with zero attached hydrogens (tertiary/aromatic N) is 3. The molecule has 1 unspecified atom stereocenters. The number of fused-ring (bicyclic) bond motifs is 1. The first-order valence-corrected chi connectivity index (χ1v) is 6.56. The van der Waals surface area contributed by atoms with E-state index in [2.05, 4.69) is 28.2 Å². The number of nitriles is 1. The highest BCUT2D eigenvalue weighted by Crippen LogP contribution is 2.23. The van der Waals surface area contributed by atoms with E-state index in [0.717, 1.165) is 36.4 Å². The van der Waals surface area contributed by atoms with Gasteiger partial charge in [0.25, 0.3) is 0 Å². The van der Waals surface area contributed by atoms with Crippen LogP contribution in [0, 0.1) is 11.3 Å². The molecule has 0 bridgehead atoms. The number of rotatable bonds is 1. The Morgan fingerprint density at radius 1 is 1.42 bits per heavy atom. The van der Waals surface area contributed by atoms with Gasteiger partial charge in [0.1, 0.15) is 5.82 Å². The molecular formula is C15H16N4. The molecule has 2 aromatic rings. The van der Waals surface area contributed by atoms with Crippen LogP contribution in [0.1, 0.15) is 12.5 Å². The van der Waals surface area contributed by atoms with Crippen LogP contribution in [0.2, 0.25) is 0 Å². The van der Waals surface area contributed by atoms with Crippen LogP contribution < -0.4 is 10.2 Å². The average Bonchev–Trinajstić information content (AvgIpc) is 2.46. The SMILES string of the molecule is CC1CN(c2cc(C#N)c3ccccc3n2)CCN1. The minimum atomic E-state index is 0.451. The van der Waals surface area contributed by atoms with E-state index >= 15 is 0 Å². The van der Waals surface area contributed by atoms with Crippen molar-refractivity contribution in [1.82, 2.24) is 10.3 Å². The van der Waals surface area contributed by atoms with Crippen molar-refractivity contribution in [2.75, 3.05) is 24.5 Å². The molecular weight excluding hydrogens is 236 g/mol. The van der Waals surface area contributed by atoms with Gasteiger partial charge >= 0.3 is 0 Å². The van der Waals surface area contributed by atoms with Crippen molar-refractivity contribution in [2.24, 2.45) is 0 Å². The Morgan fingerprint density at radius 2 is 2.26 bits per heavy atom. The Labute approximate surface area is 112 Å². The monoisotopic (exact) mass is 252 g/mol. The third-order valence-corrected chi connectivity index (χ3v) is 3.52. The fraction of sp³-hybridized carbons (Fsp3) is 0.333. The van der Waals surface area contributed by atoms with E-state index in [0.29, 0.717) is 11.6 Å². The molecule has 1 fully saturated rings. The van der Waals surface area contributed by atoms with Crippen molar-refractivity contribution in [3.05, 3.63) is 35.9 Å². The summed E-state index contributed by atoms with van der Waals surface area (Å²) in [5.74, 6) is 0.906. The molecule has 19 heavy (non-hydrogen) atoms. The summed E-state index contributed by atoms with van der Waals surface area (Å²) >= 11 is 0. The van der Waals surface area contributed by atoms with Crippen LogP contribution in [-0.2, 0) is 0 Å². The van der Waals surface area contributed by atoms with Gasteiger partial charge in [-0.3, -0.25) is 0 Å². The molecule has 1 aliphatic rings. The Balaban J connectivity index is 2.07. The van der Waals surface area contributed by atoms with Crippen LogP contribution in [0.5, 0.6) is 0 Å². The molecule has 1 aromatic carbocycles. The second kappa shape index (κ2) is 4.87. The molecule has 1 N–H and O–H groups in total. The van der Waals surface area contributed by atoms with Gasteiger partial charge in [-0.1, -0.05) is 18.2 Å². The van der Waals surface area contributed by atoms with Crippen molar-refractivity contribution < 1.29 is 0 Å². The molecule has 1 saturated heterocycles. The number of nitrogens with one attached hydrogen (secondary N) is 1. The maximum absolute atomic E-state index is 9.30. The summed E-state index contributed by atoms with van der Waals surface area (Å²) in [5, 5.41) is 13.6. The summed E-state index contributed by atoms with van der Waals surface area (Å²) in [5.41, 5.74) is 1.59. The minimum Gasteiger partial charge on any atom is -0.354 e. The van der Waals surface area contributed by atoms with E-state index < -0.39 is 0 Å². The zero-order valence-electron chi connectivity index (χ0n) is 10.9. The van der Waals surface area contributed by atoms with Gasteiger partial charge < -0.3 is 10.2 Å². The predicted molar refractivity (Wildman–Crippen MR) is 76.1 cm³/mol. The van der Waals surface area contributed by atoms with Gasteiger partial charge in [0.2, 0.25) is 0 Å². The fourth-order valence-electron chi connectivity index (χ4n) is 2.56. The van der Waals surface area contributed by atoms with Gasteiger partial charge in [-0.15, -0.1) is 0 Å². The molecule has 0 spiro atoms. The lowest BCUT2D eigenvalue weighted by atomic mass is 10.1. The summed E-state index contributed by atoms with van der Waals surface area (Å²) in [7, 11) is 0. The van der Waals surface area contributed by atoms with Crippen LogP contribution in [0.3, 0.4) is 0 Å². The van der Waals surface area contributed by atoms with Gasteiger partial charge in [0.05, 0.1) is 17.1 Å². The molecule has 2 heterocycles. The molecule has 0 radical (unpaired) electrons. The number of aromatic nitrogens is 1. The smallest absolute Gasteiger partial charge is 0.130 e. The number of pyridine rings is 1. The first kappa shape index (κ1) is 11.9. The van der Waals surface area contributed by atoms with E-state index in [9.17, 15) is 5.26 Å². The molecule has 1 aliphatic heterocycles. The summed E-state index contributed by atoms with van der Waals surface area (Å²) in [6.45, 7) is 4.98. The van der Waals surface area contributed by atoms with Crippen molar-refractivity contribution in [3.8, 4) is 6.07 Å². The van der Waals surface area contributed by atoms with Crippen molar-refractivity contribution in [1.29, 1.82) is 5.26 Å². The lowest BCUT2D eigenvalue weighted by Gasteiger charge is -2.33. The highest BCUT2D eigenvalue weighted by molar-refractivity contribution is 5.86. The molecule has 1 aromatic heterocycles. The summed E-state index contributed by atoms with van der Waals surface area (Å²) in [6, 6.07) is 12.4. The van der Waals surface area contributed by atoms with Crippen LogP contribution in [0.4, 0.5) is 5.82 Å². The quantitative estimate of drug-likeness (QED) is 0.842. The maximum Gasteiger partial charge on any atom is 0.130 e. The molecule has 3 rings (SSSR count). The average molecular weight is 252 g/mol. The lowest BCUT2D eigenvalue weighted by Crippen LogP contribution is -2.49.